The third-order valence-electron chi connectivity index (χ3n) is 3.15. The number of hydrogen-bond acceptors (Lipinski definition) is 4. The van der Waals surface area contributed by atoms with Gasteiger partial charge in [0.05, 0.1) is 15.7 Å². The molecule has 2 aliphatic rings. The molecule has 0 bridgehead atoms. The maximum Gasteiger partial charge on any atom is 0.411 e. The van der Waals surface area contributed by atoms with E-state index in [1.807, 2.05) is 12.1 Å². The highest BCUT2D eigenvalue weighted by Crippen LogP contribution is 2.37. The SMILES string of the molecule is O=C1Nc2ccc(Br)c(OCC3CCN3)c2CO1. The highest BCUT2D eigenvalue weighted by atomic mass is 79.9. The Morgan fingerprint density at radius 1 is 1.50 bits per heavy atom. The molecule has 0 radical (unpaired) electrons. The third kappa shape index (κ3) is 2.18. The first-order valence-corrected chi connectivity index (χ1v) is 6.64. The smallest absolute Gasteiger partial charge is 0.411 e. The summed E-state index contributed by atoms with van der Waals surface area (Å²) in [6, 6.07) is 4.13. The van der Waals surface area contributed by atoms with Gasteiger partial charge in [0, 0.05) is 6.04 Å². The van der Waals surface area contributed by atoms with Crippen molar-refractivity contribution < 1.29 is 14.3 Å². The molecule has 0 aromatic heterocycles. The molecule has 96 valence electrons. The molecule has 2 heterocycles. The summed E-state index contributed by atoms with van der Waals surface area (Å²) in [5.74, 6) is 0.751. The minimum absolute atomic E-state index is 0.244. The Balaban J connectivity index is 1.82. The van der Waals surface area contributed by atoms with Gasteiger partial charge >= 0.3 is 6.09 Å². The van der Waals surface area contributed by atoms with E-state index in [1.54, 1.807) is 0 Å². The number of anilines is 1. The van der Waals surface area contributed by atoms with Crippen molar-refractivity contribution in [2.24, 2.45) is 0 Å². The molecule has 3 rings (SSSR count). The molecule has 1 fully saturated rings. The molecule has 18 heavy (non-hydrogen) atoms. The van der Waals surface area contributed by atoms with Gasteiger partial charge in [-0.15, -0.1) is 0 Å². The fraction of sp³-hybridized carbons (Fsp3) is 0.417. The van der Waals surface area contributed by atoms with Gasteiger partial charge in [0.15, 0.2) is 0 Å². The number of benzene rings is 1. The van der Waals surface area contributed by atoms with Crippen molar-refractivity contribution in [3.05, 3.63) is 22.2 Å². The molecule has 5 nitrogen and oxygen atoms in total. The maximum atomic E-state index is 11.1. The lowest BCUT2D eigenvalue weighted by Crippen LogP contribution is -2.46. The summed E-state index contributed by atoms with van der Waals surface area (Å²) in [5.41, 5.74) is 1.63. The zero-order valence-corrected chi connectivity index (χ0v) is 11.2. The molecule has 1 saturated heterocycles. The van der Waals surface area contributed by atoms with Crippen molar-refractivity contribution in [1.82, 2.24) is 5.32 Å². The second-order valence-electron chi connectivity index (χ2n) is 4.35. The maximum absolute atomic E-state index is 11.1. The average molecular weight is 313 g/mol. The van der Waals surface area contributed by atoms with Crippen molar-refractivity contribution in [2.45, 2.75) is 19.1 Å². The van der Waals surface area contributed by atoms with Crippen LogP contribution in [-0.4, -0.2) is 25.3 Å². The summed E-state index contributed by atoms with van der Waals surface area (Å²) < 4.78 is 11.7. The van der Waals surface area contributed by atoms with Crippen LogP contribution in [-0.2, 0) is 11.3 Å². The molecule has 1 unspecified atom stereocenters. The van der Waals surface area contributed by atoms with E-state index in [1.165, 1.54) is 0 Å². The monoisotopic (exact) mass is 312 g/mol. The Bertz CT molecular complexity index is 488. The Labute approximate surface area is 113 Å². The summed E-state index contributed by atoms with van der Waals surface area (Å²) >= 11 is 3.47. The van der Waals surface area contributed by atoms with Gasteiger partial charge in [-0.3, -0.25) is 5.32 Å². The van der Waals surface area contributed by atoms with E-state index < -0.39 is 6.09 Å². The van der Waals surface area contributed by atoms with E-state index in [9.17, 15) is 4.79 Å². The largest absolute Gasteiger partial charge is 0.490 e. The zero-order valence-electron chi connectivity index (χ0n) is 9.66. The van der Waals surface area contributed by atoms with Gasteiger partial charge in [-0.2, -0.15) is 0 Å². The highest BCUT2D eigenvalue weighted by molar-refractivity contribution is 9.10. The number of ether oxygens (including phenoxy) is 2. The lowest BCUT2D eigenvalue weighted by molar-refractivity contribution is 0.148. The van der Waals surface area contributed by atoms with E-state index in [2.05, 4.69) is 26.6 Å². The van der Waals surface area contributed by atoms with Gasteiger partial charge in [-0.25, -0.2) is 4.79 Å². The molecule has 1 aromatic rings. The highest BCUT2D eigenvalue weighted by Gasteiger charge is 2.23. The standard InChI is InChI=1S/C12H13BrN2O3/c13-9-1-2-10-8(6-18-12(16)15-10)11(9)17-5-7-3-4-14-7/h1-2,7,14H,3-6H2,(H,15,16). The number of carbonyl (C=O) groups excluding carboxylic acids is 1. The van der Waals surface area contributed by atoms with Crippen LogP contribution >= 0.6 is 15.9 Å². The van der Waals surface area contributed by atoms with E-state index in [4.69, 9.17) is 9.47 Å². The summed E-state index contributed by atoms with van der Waals surface area (Å²) in [6.07, 6.45) is 0.719. The second-order valence-corrected chi connectivity index (χ2v) is 5.21. The summed E-state index contributed by atoms with van der Waals surface area (Å²) in [4.78, 5) is 11.1. The number of hydrogen-bond donors (Lipinski definition) is 2. The fourth-order valence-electron chi connectivity index (χ4n) is 1.97. The van der Waals surface area contributed by atoms with Crippen molar-refractivity contribution in [1.29, 1.82) is 0 Å². The zero-order chi connectivity index (χ0) is 12.5. The van der Waals surface area contributed by atoms with Crippen LogP contribution in [0.2, 0.25) is 0 Å². The van der Waals surface area contributed by atoms with Crippen molar-refractivity contribution in [3.8, 4) is 5.75 Å². The van der Waals surface area contributed by atoms with E-state index in [0.29, 0.717) is 12.6 Å². The number of nitrogens with one attached hydrogen (secondary N) is 2. The van der Waals surface area contributed by atoms with Crippen LogP contribution in [0, 0.1) is 0 Å². The van der Waals surface area contributed by atoms with Gasteiger partial charge in [-0.1, -0.05) is 0 Å². The predicted octanol–water partition coefficient (Wildman–Crippen LogP) is 2.25. The summed E-state index contributed by atoms with van der Waals surface area (Å²) in [6.45, 7) is 1.93. The predicted molar refractivity (Wildman–Crippen MR) is 69.9 cm³/mol. The molecule has 0 spiro atoms. The van der Waals surface area contributed by atoms with Crippen molar-refractivity contribution >= 4 is 27.7 Å². The van der Waals surface area contributed by atoms with Crippen LogP contribution in [0.15, 0.2) is 16.6 Å². The number of cyclic esters (lactones) is 1. The van der Waals surface area contributed by atoms with Gasteiger partial charge in [0.25, 0.3) is 0 Å². The van der Waals surface area contributed by atoms with Crippen LogP contribution in [0.5, 0.6) is 5.75 Å². The van der Waals surface area contributed by atoms with E-state index in [-0.39, 0.29) is 6.61 Å². The van der Waals surface area contributed by atoms with Gasteiger partial charge in [0.1, 0.15) is 19.0 Å². The van der Waals surface area contributed by atoms with E-state index in [0.717, 1.165) is 34.4 Å². The second kappa shape index (κ2) is 4.78. The number of fused-ring (bicyclic) bond motifs is 1. The topological polar surface area (TPSA) is 59.6 Å². The first kappa shape index (κ1) is 11.8. The Kier molecular flexibility index (Phi) is 3.13. The van der Waals surface area contributed by atoms with Crippen molar-refractivity contribution in [2.75, 3.05) is 18.5 Å². The Morgan fingerprint density at radius 2 is 2.33 bits per heavy atom. The van der Waals surface area contributed by atoms with Crippen LogP contribution < -0.4 is 15.4 Å². The van der Waals surface area contributed by atoms with Crippen LogP contribution in [0.3, 0.4) is 0 Å². The molecular weight excluding hydrogens is 300 g/mol. The molecule has 2 aliphatic heterocycles. The van der Waals surface area contributed by atoms with Gasteiger partial charge < -0.3 is 14.8 Å². The Hall–Kier alpha value is -1.27. The molecule has 6 heteroatoms. The number of amides is 1. The quantitative estimate of drug-likeness (QED) is 0.898. The van der Waals surface area contributed by atoms with Crippen LogP contribution in [0.1, 0.15) is 12.0 Å². The summed E-state index contributed by atoms with van der Waals surface area (Å²) in [5, 5.41) is 5.95. The number of rotatable bonds is 3. The molecule has 1 atom stereocenters. The minimum atomic E-state index is -0.420. The average Bonchev–Trinajstić information content (AvgIpc) is 2.30. The minimum Gasteiger partial charge on any atom is -0.490 e. The normalized spacial score (nSPS) is 21.4. The van der Waals surface area contributed by atoms with Crippen LogP contribution in [0.4, 0.5) is 10.5 Å². The number of carbonyl (C=O) groups is 1. The molecule has 0 aliphatic carbocycles. The summed E-state index contributed by atoms with van der Waals surface area (Å²) in [7, 11) is 0. The van der Waals surface area contributed by atoms with Gasteiger partial charge in [-0.05, 0) is 41.0 Å². The van der Waals surface area contributed by atoms with Crippen molar-refractivity contribution in [3.63, 3.8) is 0 Å². The third-order valence-corrected chi connectivity index (χ3v) is 3.78. The molecule has 1 aromatic carbocycles. The van der Waals surface area contributed by atoms with Gasteiger partial charge in [0.2, 0.25) is 0 Å². The van der Waals surface area contributed by atoms with E-state index >= 15 is 0 Å². The first-order chi connectivity index (χ1) is 8.74. The Morgan fingerprint density at radius 3 is 3.06 bits per heavy atom. The lowest BCUT2D eigenvalue weighted by atomic mass is 10.1. The lowest BCUT2D eigenvalue weighted by Gasteiger charge is -2.28. The van der Waals surface area contributed by atoms with Crippen LogP contribution in [0.25, 0.3) is 0 Å². The molecule has 0 saturated carbocycles. The number of halogens is 1. The molecule has 2 N–H and O–H groups in total. The molecular formula is C12H13BrN2O3. The fourth-order valence-corrected chi connectivity index (χ4v) is 2.46. The first-order valence-electron chi connectivity index (χ1n) is 5.85. The molecule has 1 amide bonds.